The number of hydrogen-bond donors (Lipinski definition) is 2. The summed E-state index contributed by atoms with van der Waals surface area (Å²) in [4.78, 5) is 12.7. The lowest BCUT2D eigenvalue weighted by Crippen LogP contribution is -2.22. The lowest BCUT2D eigenvalue weighted by molar-refractivity contribution is -0.137. The molecule has 1 amide bonds. The number of amides is 1. The Labute approximate surface area is 196 Å². The highest BCUT2D eigenvalue weighted by Gasteiger charge is 2.30. The van der Waals surface area contributed by atoms with Gasteiger partial charge in [0.05, 0.1) is 5.56 Å². The molecule has 3 nitrogen and oxygen atoms in total. The van der Waals surface area contributed by atoms with Crippen LogP contribution in [0.1, 0.15) is 34.0 Å². The molecule has 0 unspecified atom stereocenters. The summed E-state index contributed by atoms with van der Waals surface area (Å²) < 4.78 is 39.0. The monoisotopic (exact) mass is 462 g/mol. The molecular weight excluding hydrogens is 437 g/mol. The van der Waals surface area contributed by atoms with Gasteiger partial charge in [0, 0.05) is 18.7 Å². The third-order valence-corrected chi connectivity index (χ3v) is 5.72. The zero-order valence-corrected chi connectivity index (χ0v) is 18.7. The molecule has 0 saturated carbocycles. The molecule has 0 aromatic heterocycles. The highest BCUT2D eigenvalue weighted by molar-refractivity contribution is 5.95. The Kier molecular flexibility index (Phi) is 6.98. The Morgan fingerprint density at radius 2 is 1.59 bits per heavy atom. The smallest absolute Gasteiger partial charge is 0.348 e. The second-order valence-electron chi connectivity index (χ2n) is 8.09. The summed E-state index contributed by atoms with van der Waals surface area (Å²) in [6, 6.07) is 24.1. The number of rotatable bonds is 7. The molecule has 6 heteroatoms. The molecule has 4 aromatic rings. The fourth-order valence-corrected chi connectivity index (χ4v) is 3.90. The maximum absolute atomic E-state index is 13.0. The van der Waals surface area contributed by atoms with Crippen LogP contribution in [0.15, 0.2) is 84.9 Å². The molecule has 0 spiro atoms. The first-order valence-corrected chi connectivity index (χ1v) is 11.1. The van der Waals surface area contributed by atoms with Gasteiger partial charge >= 0.3 is 6.18 Å². The average molecular weight is 463 g/mol. The molecular formula is C28H25F3N2O. The van der Waals surface area contributed by atoms with Crippen LogP contribution in [0.25, 0.3) is 21.9 Å². The highest BCUT2D eigenvalue weighted by atomic mass is 19.4. The van der Waals surface area contributed by atoms with Gasteiger partial charge < -0.3 is 10.6 Å². The van der Waals surface area contributed by atoms with Crippen LogP contribution in [0.4, 0.5) is 13.2 Å². The average Bonchev–Trinajstić information content (AvgIpc) is 2.85. The normalized spacial score (nSPS) is 11.5. The summed E-state index contributed by atoms with van der Waals surface area (Å²) in [5, 5.41) is 8.47. The molecule has 0 bridgehead atoms. The molecule has 0 heterocycles. The van der Waals surface area contributed by atoms with E-state index < -0.39 is 11.7 Å². The lowest BCUT2D eigenvalue weighted by atomic mass is 10.0. The number of carbonyl (C=O) groups is 1. The van der Waals surface area contributed by atoms with Gasteiger partial charge in [0.15, 0.2) is 0 Å². The van der Waals surface area contributed by atoms with Crippen LogP contribution >= 0.6 is 0 Å². The molecule has 0 aliphatic heterocycles. The third kappa shape index (κ3) is 5.46. The zero-order valence-electron chi connectivity index (χ0n) is 18.7. The van der Waals surface area contributed by atoms with E-state index in [4.69, 9.17) is 0 Å². The first kappa shape index (κ1) is 23.5. The van der Waals surface area contributed by atoms with E-state index in [1.807, 2.05) is 12.1 Å². The van der Waals surface area contributed by atoms with Crippen molar-refractivity contribution in [3.63, 3.8) is 0 Å². The number of alkyl halides is 3. The molecule has 0 radical (unpaired) electrons. The molecule has 34 heavy (non-hydrogen) atoms. The van der Waals surface area contributed by atoms with Crippen molar-refractivity contribution >= 4 is 16.7 Å². The first-order valence-electron chi connectivity index (χ1n) is 11.1. The van der Waals surface area contributed by atoms with Gasteiger partial charge in [-0.2, -0.15) is 13.2 Å². The molecule has 174 valence electrons. The minimum absolute atomic E-state index is 0.239. The Bertz CT molecular complexity index is 1300. The predicted octanol–water partition coefficient (Wildman–Crippen LogP) is 6.57. The quantitative estimate of drug-likeness (QED) is 0.326. The number of benzene rings is 4. The maximum atomic E-state index is 13.0. The van der Waals surface area contributed by atoms with Crippen molar-refractivity contribution in [1.29, 1.82) is 0 Å². The van der Waals surface area contributed by atoms with Crippen LogP contribution < -0.4 is 10.6 Å². The summed E-state index contributed by atoms with van der Waals surface area (Å²) in [7, 11) is 0. The fourth-order valence-electron chi connectivity index (χ4n) is 3.90. The zero-order chi connectivity index (χ0) is 24.1. The highest BCUT2D eigenvalue weighted by Crippen LogP contribution is 2.32. The molecule has 0 aliphatic rings. The van der Waals surface area contributed by atoms with Crippen molar-refractivity contribution in [3.05, 3.63) is 107 Å². The Hall–Kier alpha value is -3.64. The van der Waals surface area contributed by atoms with Crippen molar-refractivity contribution < 1.29 is 18.0 Å². The van der Waals surface area contributed by atoms with Crippen molar-refractivity contribution in [1.82, 2.24) is 10.6 Å². The van der Waals surface area contributed by atoms with E-state index in [1.54, 1.807) is 30.3 Å². The third-order valence-electron chi connectivity index (χ3n) is 5.72. The number of carbonyl (C=O) groups excluding carboxylic acids is 1. The van der Waals surface area contributed by atoms with E-state index in [0.717, 1.165) is 41.6 Å². The van der Waals surface area contributed by atoms with Crippen molar-refractivity contribution in [2.45, 2.75) is 26.2 Å². The first-order chi connectivity index (χ1) is 16.3. The van der Waals surface area contributed by atoms with E-state index in [1.165, 1.54) is 11.6 Å². The summed E-state index contributed by atoms with van der Waals surface area (Å²) in [5.74, 6) is -0.239. The molecule has 0 fully saturated rings. The van der Waals surface area contributed by atoms with Crippen LogP contribution in [0.3, 0.4) is 0 Å². The van der Waals surface area contributed by atoms with Gasteiger partial charge in [-0.1, -0.05) is 61.5 Å². The van der Waals surface area contributed by atoms with Crippen molar-refractivity contribution in [2.24, 2.45) is 0 Å². The van der Waals surface area contributed by atoms with Crippen LogP contribution in [0.5, 0.6) is 0 Å². The Morgan fingerprint density at radius 1 is 0.824 bits per heavy atom. The second kappa shape index (κ2) is 10.1. The van der Waals surface area contributed by atoms with Gasteiger partial charge in [0.2, 0.25) is 0 Å². The van der Waals surface area contributed by atoms with E-state index in [0.29, 0.717) is 23.2 Å². The molecule has 0 saturated heterocycles. The Morgan fingerprint density at radius 3 is 2.32 bits per heavy atom. The van der Waals surface area contributed by atoms with Crippen LogP contribution in [0, 0.1) is 0 Å². The van der Waals surface area contributed by atoms with Gasteiger partial charge in [0.25, 0.3) is 5.91 Å². The van der Waals surface area contributed by atoms with E-state index in [2.05, 4.69) is 41.8 Å². The van der Waals surface area contributed by atoms with E-state index >= 15 is 0 Å². The summed E-state index contributed by atoms with van der Waals surface area (Å²) in [5.41, 5.74) is 3.04. The fraction of sp³-hybridized carbons (Fsp3) is 0.179. The standard InChI is InChI=1S/C28H25F3N2O/c1-2-32-17-19-9-14-26-23(15-19)6-3-7-24(26)18-33-27(34)21-12-10-20(11-13-21)22-5-4-8-25(16-22)28(29,30)31/h3-16,32H,2,17-18H2,1H3,(H,33,34). The molecule has 2 N–H and O–H groups in total. The maximum Gasteiger partial charge on any atom is 0.416 e. The van der Waals surface area contributed by atoms with Gasteiger partial charge in [-0.3, -0.25) is 4.79 Å². The van der Waals surface area contributed by atoms with Crippen LogP contribution in [-0.2, 0) is 19.3 Å². The largest absolute Gasteiger partial charge is 0.416 e. The SMILES string of the molecule is CCNCc1ccc2c(CNC(=O)c3ccc(-c4cccc(C(F)(F)F)c4)cc3)cccc2c1. The van der Waals surface area contributed by atoms with E-state index in [-0.39, 0.29) is 5.91 Å². The predicted molar refractivity (Wildman–Crippen MR) is 129 cm³/mol. The summed E-state index contributed by atoms with van der Waals surface area (Å²) >= 11 is 0. The van der Waals surface area contributed by atoms with Crippen molar-refractivity contribution in [2.75, 3.05) is 6.54 Å². The van der Waals surface area contributed by atoms with Crippen molar-refractivity contribution in [3.8, 4) is 11.1 Å². The van der Waals surface area contributed by atoms with Crippen LogP contribution in [-0.4, -0.2) is 12.5 Å². The second-order valence-corrected chi connectivity index (χ2v) is 8.09. The van der Waals surface area contributed by atoms with Gasteiger partial charge in [-0.05, 0) is 69.9 Å². The number of hydrogen-bond acceptors (Lipinski definition) is 2. The molecule has 0 atom stereocenters. The number of fused-ring (bicyclic) bond motifs is 1. The minimum atomic E-state index is -4.40. The Balaban J connectivity index is 1.45. The van der Waals surface area contributed by atoms with Crippen LogP contribution in [0.2, 0.25) is 0 Å². The minimum Gasteiger partial charge on any atom is -0.348 e. The van der Waals surface area contributed by atoms with E-state index in [9.17, 15) is 18.0 Å². The number of nitrogens with one attached hydrogen (secondary N) is 2. The molecule has 4 aromatic carbocycles. The topological polar surface area (TPSA) is 41.1 Å². The number of halogens is 3. The van der Waals surface area contributed by atoms with Gasteiger partial charge in [-0.15, -0.1) is 0 Å². The molecule has 4 rings (SSSR count). The summed E-state index contributed by atoms with van der Waals surface area (Å²) in [6.45, 7) is 4.16. The lowest BCUT2D eigenvalue weighted by Gasteiger charge is -2.11. The molecule has 0 aliphatic carbocycles. The summed E-state index contributed by atoms with van der Waals surface area (Å²) in [6.07, 6.45) is -4.40. The van der Waals surface area contributed by atoms with Gasteiger partial charge in [0.1, 0.15) is 0 Å². The van der Waals surface area contributed by atoms with Gasteiger partial charge in [-0.25, -0.2) is 0 Å².